The molecule has 1 amide bonds. The van der Waals surface area contributed by atoms with E-state index in [9.17, 15) is 4.79 Å². The molecule has 0 aliphatic rings. The van der Waals surface area contributed by atoms with Gasteiger partial charge in [-0.05, 0) is 56.5 Å². The van der Waals surface area contributed by atoms with Gasteiger partial charge >= 0.3 is 6.09 Å². The van der Waals surface area contributed by atoms with Crippen molar-refractivity contribution in [2.45, 2.75) is 25.7 Å². The van der Waals surface area contributed by atoms with E-state index in [1.807, 2.05) is 45.0 Å². The summed E-state index contributed by atoms with van der Waals surface area (Å²) in [7, 11) is 0. The third-order valence-corrected chi connectivity index (χ3v) is 3.75. The smallest absolute Gasteiger partial charge is 0.410 e. The first-order valence-corrected chi connectivity index (χ1v) is 7.15. The maximum absolute atomic E-state index is 11.7. The van der Waals surface area contributed by atoms with Crippen LogP contribution in [0.5, 0.6) is 5.75 Å². The molecule has 0 radical (unpaired) electrons. The lowest BCUT2D eigenvalue weighted by atomic mass is 10.2. The van der Waals surface area contributed by atoms with Crippen molar-refractivity contribution in [3.63, 3.8) is 0 Å². The number of aryl methyl sites for hydroxylation is 3. The molecule has 3 nitrogen and oxygen atoms in total. The average molecular weight is 287 g/mol. The van der Waals surface area contributed by atoms with E-state index in [2.05, 4.69) is 10.8 Å². The van der Waals surface area contributed by atoms with E-state index in [1.54, 1.807) is 12.1 Å². The largest absolute Gasteiger partial charge is 0.422 e. The summed E-state index contributed by atoms with van der Waals surface area (Å²) < 4.78 is 7.86. The SMILES string of the molecule is Cc1ccc(OC(=O)NSc2ccc(C)cc2C)cc1. The molecule has 0 fully saturated rings. The van der Waals surface area contributed by atoms with Crippen molar-refractivity contribution in [1.29, 1.82) is 0 Å². The molecule has 0 aromatic heterocycles. The molecular weight excluding hydrogens is 270 g/mol. The van der Waals surface area contributed by atoms with Gasteiger partial charge in [0.15, 0.2) is 0 Å². The van der Waals surface area contributed by atoms with Gasteiger partial charge in [-0.15, -0.1) is 0 Å². The van der Waals surface area contributed by atoms with Crippen LogP contribution < -0.4 is 9.46 Å². The van der Waals surface area contributed by atoms with Crippen LogP contribution in [-0.2, 0) is 0 Å². The van der Waals surface area contributed by atoms with Crippen molar-refractivity contribution in [2.75, 3.05) is 0 Å². The van der Waals surface area contributed by atoms with Crippen LogP contribution in [0, 0.1) is 20.8 Å². The van der Waals surface area contributed by atoms with Crippen LogP contribution in [0.1, 0.15) is 16.7 Å². The summed E-state index contributed by atoms with van der Waals surface area (Å²) in [5.74, 6) is 0.536. The van der Waals surface area contributed by atoms with Gasteiger partial charge in [-0.25, -0.2) is 4.79 Å². The van der Waals surface area contributed by atoms with E-state index in [-0.39, 0.29) is 0 Å². The fraction of sp³-hybridized carbons (Fsp3) is 0.188. The Morgan fingerprint density at radius 1 is 1.00 bits per heavy atom. The molecule has 0 saturated heterocycles. The third-order valence-electron chi connectivity index (χ3n) is 2.81. The standard InChI is InChI=1S/C16H17NO2S/c1-11-4-7-14(8-5-11)19-16(18)17-20-15-9-6-12(2)10-13(15)3/h4-10H,1-3H3,(H,17,18). The summed E-state index contributed by atoms with van der Waals surface area (Å²) in [6, 6.07) is 13.4. The predicted molar refractivity (Wildman–Crippen MR) is 82.1 cm³/mol. The Labute approximate surface area is 123 Å². The zero-order chi connectivity index (χ0) is 14.5. The number of carbonyl (C=O) groups is 1. The number of rotatable bonds is 3. The minimum atomic E-state index is -0.473. The molecular formula is C16H17NO2S. The van der Waals surface area contributed by atoms with Gasteiger partial charge in [0.2, 0.25) is 0 Å². The van der Waals surface area contributed by atoms with E-state index >= 15 is 0 Å². The summed E-state index contributed by atoms with van der Waals surface area (Å²) in [6.45, 7) is 6.04. The number of ether oxygens (including phenoxy) is 1. The lowest BCUT2D eigenvalue weighted by Crippen LogP contribution is -2.20. The molecule has 0 spiro atoms. The van der Waals surface area contributed by atoms with Gasteiger partial charge in [0.05, 0.1) is 0 Å². The Morgan fingerprint density at radius 3 is 2.30 bits per heavy atom. The Morgan fingerprint density at radius 2 is 1.65 bits per heavy atom. The van der Waals surface area contributed by atoms with E-state index in [0.29, 0.717) is 5.75 Å². The Kier molecular flexibility index (Phi) is 4.69. The van der Waals surface area contributed by atoms with Gasteiger partial charge < -0.3 is 4.74 Å². The average Bonchev–Trinajstić information content (AvgIpc) is 2.40. The molecule has 0 bridgehead atoms. The summed E-state index contributed by atoms with van der Waals surface area (Å²) in [5.41, 5.74) is 3.46. The fourth-order valence-electron chi connectivity index (χ4n) is 1.74. The van der Waals surface area contributed by atoms with Crippen molar-refractivity contribution in [3.8, 4) is 5.75 Å². The van der Waals surface area contributed by atoms with E-state index in [0.717, 1.165) is 16.0 Å². The van der Waals surface area contributed by atoms with Crippen LogP contribution >= 0.6 is 11.9 Å². The van der Waals surface area contributed by atoms with E-state index in [4.69, 9.17) is 4.74 Å². The van der Waals surface area contributed by atoms with Crippen LogP contribution in [0.15, 0.2) is 47.4 Å². The molecule has 104 valence electrons. The molecule has 0 saturated carbocycles. The molecule has 0 aliphatic carbocycles. The molecule has 4 heteroatoms. The van der Waals surface area contributed by atoms with Crippen LogP contribution in [0.2, 0.25) is 0 Å². The van der Waals surface area contributed by atoms with Gasteiger partial charge in [0.25, 0.3) is 0 Å². The molecule has 2 aromatic carbocycles. The summed E-state index contributed by atoms with van der Waals surface area (Å²) in [6.07, 6.45) is -0.473. The van der Waals surface area contributed by atoms with Crippen LogP contribution in [0.3, 0.4) is 0 Å². The lowest BCUT2D eigenvalue weighted by Gasteiger charge is -2.08. The van der Waals surface area contributed by atoms with Crippen molar-refractivity contribution < 1.29 is 9.53 Å². The summed E-state index contributed by atoms with van der Waals surface area (Å²) in [4.78, 5) is 12.7. The molecule has 1 N–H and O–H groups in total. The predicted octanol–water partition coefficient (Wildman–Crippen LogP) is 4.41. The monoisotopic (exact) mass is 287 g/mol. The molecule has 0 heterocycles. The number of hydrogen-bond donors (Lipinski definition) is 1. The molecule has 2 rings (SSSR count). The topological polar surface area (TPSA) is 38.3 Å². The maximum atomic E-state index is 11.7. The van der Waals surface area contributed by atoms with Gasteiger partial charge in [0.1, 0.15) is 5.75 Å². The summed E-state index contributed by atoms with van der Waals surface area (Å²) >= 11 is 1.26. The number of amides is 1. The van der Waals surface area contributed by atoms with E-state index < -0.39 is 6.09 Å². The normalized spacial score (nSPS) is 10.2. The highest BCUT2D eigenvalue weighted by Crippen LogP contribution is 2.21. The second-order valence-corrected chi connectivity index (χ2v) is 5.52. The maximum Gasteiger partial charge on any atom is 0.422 e. The number of carbonyl (C=O) groups excluding carboxylic acids is 1. The Bertz CT molecular complexity index is 608. The fourth-order valence-corrected chi connectivity index (χ4v) is 2.34. The quantitative estimate of drug-likeness (QED) is 0.850. The van der Waals surface area contributed by atoms with Crippen molar-refractivity contribution in [3.05, 3.63) is 59.2 Å². The van der Waals surface area contributed by atoms with Crippen molar-refractivity contribution >= 4 is 18.0 Å². The molecule has 2 aromatic rings. The molecule has 0 aliphatic heterocycles. The number of hydrogen-bond acceptors (Lipinski definition) is 3. The highest BCUT2D eigenvalue weighted by Gasteiger charge is 2.06. The molecule has 0 atom stereocenters. The molecule has 0 unspecified atom stereocenters. The zero-order valence-corrected chi connectivity index (χ0v) is 12.6. The first kappa shape index (κ1) is 14.5. The van der Waals surface area contributed by atoms with Crippen LogP contribution in [0.25, 0.3) is 0 Å². The summed E-state index contributed by atoms with van der Waals surface area (Å²) in [5, 5.41) is 0. The van der Waals surface area contributed by atoms with E-state index in [1.165, 1.54) is 17.5 Å². The minimum absolute atomic E-state index is 0.473. The number of benzene rings is 2. The van der Waals surface area contributed by atoms with Crippen LogP contribution in [0.4, 0.5) is 4.79 Å². The third kappa shape index (κ3) is 4.03. The second kappa shape index (κ2) is 6.48. The van der Waals surface area contributed by atoms with Gasteiger partial charge in [-0.2, -0.15) is 0 Å². The zero-order valence-electron chi connectivity index (χ0n) is 11.8. The van der Waals surface area contributed by atoms with Crippen LogP contribution in [-0.4, -0.2) is 6.09 Å². The Hall–Kier alpha value is -1.94. The first-order valence-electron chi connectivity index (χ1n) is 6.33. The van der Waals surface area contributed by atoms with Crippen molar-refractivity contribution in [2.24, 2.45) is 0 Å². The second-order valence-electron chi connectivity index (χ2n) is 4.68. The highest BCUT2D eigenvalue weighted by molar-refractivity contribution is 7.98. The highest BCUT2D eigenvalue weighted by atomic mass is 32.2. The number of nitrogens with one attached hydrogen (secondary N) is 1. The lowest BCUT2D eigenvalue weighted by molar-refractivity contribution is 0.207. The molecule has 20 heavy (non-hydrogen) atoms. The van der Waals surface area contributed by atoms with Gasteiger partial charge in [0, 0.05) is 4.90 Å². The van der Waals surface area contributed by atoms with Gasteiger partial charge in [-0.1, -0.05) is 35.4 Å². The first-order chi connectivity index (χ1) is 9.54. The van der Waals surface area contributed by atoms with Gasteiger partial charge in [-0.3, -0.25) is 4.72 Å². The minimum Gasteiger partial charge on any atom is -0.410 e. The van der Waals surface area contributed by atoms with Crippen molar-refractivity contribution in [1.82, 2.24) is 4.72 Å². The Balaban J connectivity index is 1.90.